The molecule has 0 aliphatic rings. The molecule has 1 nitrogen and oxygen atoms in total. The van der Waals surface area contributed by atoms with E-state index in [-0.39, 0.29) is 103 Å². The van der Waals surface area contributed by atoms with Crippen LogP contribution in [0.25, 0.3) is 0 Å². The maximum atomic E-state index is 4.14. The van der Waals surface area contributed by atoms with Gasteiger partial charge in [-0.25, -0.2) is 5.25 Å². The molecular formula is H2ClK2N. The van der Waals surface area contributed by atoms with Gasteiger partial charge < -0.3 is 0 Å². The number of nitrogens with two attached hydrogens (primary N) is 1. The van der Waals surface area contributed by atoms with Crippen molar-refractivity contribution in [1.82, 2.24) is 0 Å². The second-order valence-corrected chi connectivity index (χ2v) is 0. The fraction of sp³-hybridized carbons (Fsp3) is 0. The minimum atomic E-state index is 0. The van der Waals surface area contributed by atoms with E-state index in [9.17, 15) is 0 Å². The molecule has 0 atom stereocenters. The van der Waals surface area contributed by atoms with Crippen LogP contribution in [0.1, 0.15) is 0 Å². The summed E-state index contributed by atoms with van der Waals surface area (Å²) in [6, 6.07) is 0. The maximum absolute atomic E-state index is 4.14. The molecule has 0 aromatic rings. The van der Waals surface area contributed by atoms with Gasteiger partial charge in [-0.2, -0.15) is 0 Å². The van der Waals surface area contributed by atoms with Gasteiger partial charge in [-0.15, -0.1) is 0 Å². The third kappa shape index (κ3) is 9.10. The van der Waals surface area contributed by atoms with Gasteiger partial charge in [-0.05, 0) is 11.8 Å². The van der Waals surface area contributed by atoms with Gasteiger partial charge >= 0.3 is 0 Å². The molecule has 0 unspecified atom stereocenters. The van der Waals surface area contributed by atoms with E-state index in [0.29, 0.717) is 0 Å². The number of rotatable bonds is 0. The Morgan fingerprint density at radius 1 is 1.00 bits per heavy atom. The average Bonchev–Trinajstić information content (AvgIpc) is 1.00. The van der Waals surface area contributed by atoms with Crippen molar-refractivity contribution < 1.29 is 0 Å². The molecule has 0 spiro atoms. The summed E-state index contributed by atoms with van der Waals surface area (Å²) in [4.78, 5) is 0. The van der Waals surface area contributed by atoms with Gasteiger partial charge in [-0.3, -0.25) is 0 Å². The number of hydrogen-bond donors (Lipinski definition) is 1. The van der Waals surface area contributed by atoms with E-state index in [1.165, 1.54) is 0 Å². The molecule has 0 fully saturated rings. The normalized spacial score (nSPS) is 1.50. The van der Waals surface area contributed by atoms with Crippen LogP contribution >= 0.6 is 11.8 Å². The SMILES string of the molecule is NCl.[K].[K]. The van der Waals surface area contributed by atoms with Gasteiger partial charge in [0.2, 0.25) is 0 Å². The Labute approximate surface area is 116 Å². The fourth-order valence-electron chi connectivity index (χ4n) is 0. The summed E-state index contributed by atoms with van der Waals surface area (Å²) in [7, 11) is 0. The van der Waals surface area contributed by atoms with Crippen molar-refractivity contribution in [3.63, 3.8) is 0 Å². The maximum Gasteiger partial charge on any atom is 0 e. The zero-order valence-corrected chi connectivity index (χ0v) is 9.96. The second-order valence-electron chi connectivity index (χ2n) is 0. The van der Waals surface area contributed by atoms with Crippen molar-refractivity contribution in [1.29, 1.82) is 0 Å². The van der Waals surface area contributed by atoms with Gasteiger partial charge in [0, 0.05) is 103 Å². The summed E-state index contributed by atoms with van der Waals surface area (Å²) in [6.07, 6.45) is 0. The summed E-state index contributed by atoms with van der Waals surface area (Å²) in [5.41, 5.74) is 0. The zero-order chi connectivity index (χ0) is 2.00. The second kappa shape index (κ2) is 16.0. The molecule has 0 bridgehead atoms. The Bertz CT molecular complexity index is 6.00. The predicted octanol–water partition coefficient (Wildman–Crippen LogP) is -0.663. The predicted molar refractivity (Wildman–Crippen MR) is 21.5 cm³/mol. The Morgan fingerprint density at radius 3 is 1.00 bits per heavy atom. The zero-order valence-electron chi connectivity index (χ0n) is 2.96. The van der Waals surface area contributed by atoms with E-state index < -0.39 is 0 Å². The number of halogens is 1. The van der Waals surface area contributed by atoms with Crippen molar-refractivity contribution >= 4 is 115 Å². The molecule has 0 heterocycles. The van der Waals surface area contributed by atoms with E-state index in [1.807, 2.05) is 0 Å². The van der Waals surface area contributed by atoms with Gasteiger partial charge in [-0.1, -0.05) is 0 Å². The molecule has 4 heavy (non-hydrogen) atoms. The molecule has 2 radical (unpaired) electrons. The van der Waals surface area contributed by atoms with Crippen LogP contribution in [0.3, 0.4) is 0 Å². The molecule has 4 heteroatoms. The standard InChI is InChI=1S/ClH2N.2K/c1-2;;/h2H2;;. The first kappa shape index (κ1) is 15.6. The minimum absolute atomic E-state index is 0. The Balaban J connectivity index is -0.00000000500. The van der Waals surface area contributed by atoms with E-state index in [2.05, 4.69) is 17.0 Å². The first-order chi connectivity index (χ1) is 1.00. The fourth-order valence-corrected chi connectivity index (χ4v) is 0. The van der Waals surface area contributed by atoms with Gasteiger partial charge in [0.25, 0.3) is 0 Å². The van der Waals surface area contributed by atoms with Crippen molar-refractivity contribution in [3.8, 4) is 0 Å². The van der Waals surface area contributed by atoms with Gasteiger partial charge in [0.15, 0.2) is 0 Å². The van der Waals surface area contributed by atoms with Crippen molar-refractivity contribution in [2.24, 2.45) is 5.25 Å². The van der Waals surface area contributed by atoms with Crippen LogP contribution in [-0.2, 0) is 0 Å². The summed E-state index contributed by atoms with van der Waals surface area (Å²) >= 11 is 4.14. The third-order valence-corrected chi connectivity index (χ3v) is 0. The van der Waals surface area contributed by atoms with Crippen LogP contribution in [0.15, 0.2) is 0 Å². The number of hydrogen-bond acceptors (Lipinski definition) is 1. The monoisotopic (exact) mass is 129 g/mol. The molecule has 0 aromatic heterocycles. The van der Waals surface area contributed by atoms with Crippen molar-refractivity contribution in [2.75, 3.05) is 0 Å². The van der Waals surface area contributed by atoms with Gasteiger partial charge in [0.05, 0.1) is 0 Å². The molecule has 0 aliphatic carbocycles. The Morgan fingerprint density at radius 2 is 1.00 bits per heavy atom. The van der Waals surface area contributed by atoms with E-state index in [1.54, 1.807) is 0 Å². The molecule has 16 valence electrons. The molecule has 0 rings (SSSR count). The smallest absolute Gasteiger partial charge is 0 e. The summed E-state index contributed by atoms with van der Waals surface area (Å²) in [5, 5.41) is 3.97. The molecule has 2 N–H and O–H groups in total. The van der Waals surface area contributed by atoms with Crippen LogP contribution in [0.2, 0.25) is 0 Å². The van der Waals surface area contributed by atoms with Crippen molar-refractivity contribution in [2.45, 2.75) is 0 Å². The quantitative estimate of drug-likeness (QED) is 0.341. The summed E-state index contributed by atoms with van der Waals surface area (Å²) in [6.45, 7) is 0. The molecule has 0 aliphatic heterocycles. The average molecular weight is 130 g/mol. The largest absolute Gasteiger partial charge is 0.247 e. The van der Waals surface area contributed by atoms with Crippen LogP contribution in [-0.4, -0.2) is 103 Å². The third-order valence-electron chi connectivity index (χ3n) is 0. The first-order valence-corrected chi connectivity index (χ1v) is 0.655. The summed E-state index contributed by atoms with van der Waals surface area (Å²) < 4.78 is 0. The Kier molecular flexibility index (Phi) is 62.7. The summed E-state index contributed by atoms with van der Waals surface area (Å²) in [5.74, 6) is 0. The molecule has 0 saturated heterocycles. The van der Waals surface area contributed by atoms with Crippen LogP contribution < -0.4 is 5.25 Å². The first-order valence-electron chi connectivity index (χ1n) is 0.218. The van der Waals surface area contributed by atoms with Crippen LogP contribution in [0.5, 0.6) is 0 Å². The minimum Gasteiger partial charge on any atom is -0.247 e. The molecule has 0 amide bonds. The van der Waals surface area contributed by atoms with E-state index >= 15 is 0 Å². The van der Waals surface area contributed by atoms with E-state index in [4.69, 9.17) is 0 Å². The van der Waals surface area contributed by atoms with Crippen LogP contribution in [0, 0.1) is 0 Å². The van der Waals surface area contributed by atoms with Crippen molar-refractivity contribution in [3.05, 3.63) is 0 Å². The van der Waals surface area contributed by atoms with E-state index in [0.717, 1.165) is 0 Å². The van der Waals surface area contributed by atoms with Gasteiger partial charge in [0.1, 0.15) is 0 Å². The topological polar surface area (TPSA) is 26.0 Å². The molecular weight excluding hydrogens is 128 g/mol. The Hall–Kier alpha value is 3.52. The molecule has 0 aromatic carbocycles. The molecule has 0 saturated carbocycles. The van der Waals surface area contributed by atoms with Crippen LogP contribution in [0.4, 0.5) is 0 Å².